The molecule has 4 aromatic rings. The van der Waals surface area contributed by atoms with Crippen LogP contribution in [0, 0.1) is 0 Å². The molecule has 0 N–H and O–H groups in total. The summed E-state index contributed by atoms with van der Waals surface area (Å²) >= 11 is 4.97. The van der Waals surface area contributed by atoms with Gasteiger partial charge in [-0.25, -0.2) is 9.97 Å². The van der Waals surface area contributed by atoms with Crippen LogP contribution in [-0.2, 0) is 4.79 Å². The van der Waals surface area contributed by atoms with Crippen LogP contribution >= 0.6 is 27.7 Å². The van der Waals surface area contributed by atoms with E-state index in [1.807, 2.05) is 49.4 Å². The fraction of sp³-hybridized carbons (Fsp3) is 0.136. The van der Waals surface area contributed by atoms with E-state index >= 15 is 0 Å². The predicted octanol–water partition coefficient (Wildman–Crippen LogP) is 5.92. The van der Waals surface area contributed by atoms with Gasteiger partial charge < -0.3 is 4.57 Å². The highest BCUT2D eigenvalue weighted by molar-refractivity contribution is 9.10. The maximum Gasteiger partial charge on any atom is 0.149 e. The second kappa shape index (κ2) is 7.89. The van der Waals surface area contributed by atoms with Crippen molar-refractivity contribution in [1.82, 2.24) is 14.5 Å². The fourth-order valence-electron chi connectivity index (χ4n) is 3.01. The fourth-order valence-corrected chi connectivity index (χ4v) is 4.20. The van der Waals surface area contributed by atoms with Gasteiger partial charge in [0.1, 0.15) is 22.8 Å². The van der Waals surface area contributed by atoms with E-state index in [9.17, 15) is 4.79 Å². The lowest BCUT2D eigenvalue weighted by molar-refractivity contribution is -0.116. The second-order valence-electron chi connectivity index (χ2n) is 6.50. The van der Waals surface area contributed by atoms with E-state index < -0.39 is 0 Å². The summed E-state index contributed by atoms with van der Waals surface area (Å²) < 4.78 is 3.10. The number of halogens is 1. The number of hydrogen-bond donors (Lipinski definition) is 0. The highest BCUT2D eigenvalue weighted by Gasteiger charge is 2.20. The van der Waals surface area contributed by atoms with Crippen LogP contribution in [0.3, 0.4) is 0 Å². The minimum atomic E-state index is -0.169. The molecule has 0 aliphatic carbocycles. The smallest absolute Gasteiger partial charge is 0.149 e. The number of benzene rings is 2. The van der Waals surface area contributed by atoms with Crippen molar-refractivity contribution >= 4 is 44.5 Å². The highest BCUT2D eigenvalue weighted by Crippen LogP contribution is 2.38. The number of thioether (sulfide) groups is 1. The lowest BCUT2D eigenvalue weighted by Crippen LogP contribution is -2.08. The topological polar surface area (TPSA) is 47.8 Å². The number of hydrogen-bond acceptors (Lipinski definition) is 4. The SMILES string of the molecule is CC(=O)[C@H](C)Sc1ncnc2c1c(-c1ccccc1)cn2-c1ccc(Br)cc1. The number of aromatic nitrogens is 3. The van der Waals surface area contributed by atoms with Gasteiger partial charge in [0.2, 0.25) is 0 Å². The standard InChI is InChI=1S/C22H18BrN3OS/c1-14(27)15(2)28-22-20-19(16-6-4-3-5-7-16)12-26(21(20)24-13-25-22)18-10-8-17(23)9-11-18/h3-13,15H,1-2H3/t15-/m0/s1. The summed E-state index contributed by atoms with van der Waals surface area (Å²) in [5, 5.41) is 1.62. The van der Waals surface area contributed by atoms with Gasteiger partial charge in [0.15, 0.2) is 0 Å². The maximum atomic E-state index is 11.8. The number of Topliss-reactive ketones (excluding diaryl/α,β-unsaturated/α-hetero) is 1. The van der Waals surface area contributed by atoms with Gasteiger partial charge in [0.25, 0.3) is 0 Å². The minimum absolute atomic E-state index is 0.130. The third-order valence-electron chi connectivity index (χ3n) is 4.60. The Hall–Kier alpha value is -2.44. The molecule has 0 saturated heterocycles. The van der Waals surface area contributed by atoms with E-state index in [0.29, 0.717) is 0 Å². The Labute approximate surface area is 176 Å². The molecule has 0 aliphatic rings. The largest absolute Gasteiger partial charge is 0.301 e. The number of rotatable bonds is 5. The number of carbonyl (C=O) groups excluding carboxylic acids is 1. The van der Waals surface area contributed by atoms with E-state index in [-0.39, 0.29) is 11.0 Å². The molecule has 0 amide bonds. The lowest BCUT2D eigenvalue weighted by Gasteiger charge is -2.09. The lowest BCUT2D eigenvalue weighted by atomic mass is 10.1. The van der Waals surface area contributed by atoms with Gasteiger partial charge in [0.05, 0.1) is 10.6 Å². The van der Waals surface area contributed by atoms with Crippen molar-refractivity contribution in [2.45, 2.75) is 24.1 Å². The van der Waals surface area contributed by atoms with Crippen molar-refractivity contribution in [3.05, 3.63) is 71.6 Å². The average Bonchev–Trinajstić information content (AvgIpc) is 3.10. The Morgan fingerprint density at radius 2 is 1.79 bits per heavy atom. The van der Waals surface area contributed by atoms with E-state index in [2.05, 4.69) is 48.8 Å². The van der Waals surface area contributed by atoms with Crippen LogP contribution < -0.4 is 0 Å². The Balaban J connectivity index is 1.97. The van der Waals surface area contributed by atoms with E-state index in [1.54, 1.807) is 13.3 Å². The first-order chi connectivity index (χ1) is 13.5. The molecule has 4 nitrogen and oxygen atoms in total. The third kappa shape index (κ3) is 3.62. The molecule has 0 saturated carbocycles. The molecule has 140 valence electrons. The summed E-state index contributed by atoms with van der Waals surface area (Å²) in [6, 6.07) is 18.3. The second-order valence-corrected chi connectivity index (χ2v) is 8.75. The number of carbonyl (C=O) groups is 1. The Kier molecular flexibility index (Phi) is 5.33. The average molecular weight is 452 g/mol. The summed E-state index contributed by atoms with van der Waals surface area (Å²) in [6.45, 7) is 3.52. The third-order valence-corrected chi connectivity index (χ3v) is 6.35. The Morgan fingerprint density at radius 1 is 1.07 bits per heavy atom. The molecule has 0 fully saturated rings. The number of fused-ring (bicyclic) bond motifs is 1. The van der Waals surface area contributed by atoms with Gasteiger partial charge in [-0.05, 0) is 43.7 Å². The van der Waals surface area contributed by atoms with E-state index in [4.69, 9.17) is 0 Å². The number of ketones is 1. The summed E-state index contributed by atoms with van der Waals surface area (Å²) in [6.07, 6.45) is 3.67. The molecular weight excluding hydrogens is 434 g/mol. The highest BCUT2D eigenvalue weighted by atomic mass is 79.9. The van der Waals surface area contributed by atoms with Gasteiger partial charge >= 0.3 is 0 Å². The van der Waals surface area contributed by atoms with Crippen LogP contribution in [0.4, 0.5) is 0 Å². The molecule has 2 aromatic heterocycles. The first-order valence-corrected chi connectivity index (χ1v) is 10.6. The van der Waals surface area contributed by atoms with Crippen molar-refractivity contribution in [1.29, 1.82) is 0 Å². The molecule has 0 radical (unpaired) electrons. The molecule has 4 rings (SSSR count). The van der Waals surface area contributed by atoms with Crippen LogP contribution in [0.2, 0.25) is 0 Å². The van der Waals surface area contributed by atoms with Crippen molar-refractivity contribution in [2.75, 3.05) is 0 Å². The molecule has 2 aromatic carbocycles. The van der Waals surface area contributed by atoms with Gasteiger partial charge in [0, 0.05) is 21.9 Å². The molecule has 1 atom stereocenters. The molecule has 6 heteroatoms. The van der Waals surface area contributed by atoms with Crippen molar-refractivity contribution in [3.8, 4) is 16.8 Å². The van der Waals surface area contributed by atoms with Crippen molar-refractivity contribution < 1.29 is 4.79 Å². The molecule has 2 heterocycles. The molecule has 28 heavy (non-hydrogen) atoms. The van der Waals surface area contributed by atoms with Crippen LogP contribution in [-0.4, -0.2) is 25.6 Å². The Morgan fingerprint density at radius 3 is 2.46 bits per heavy atom. The first kappa shape index (κ1) is 18.9. The molecular formula is C22H18BrN3OS. The predicted molar refractivity (Wildman–Crippen MR) is 118 cm³/mol. The summed E-state index contributed by atoms with van der Waals surface area (Å²) in [5.41, 5.74) is 3.99. The molecule has 0 bridgehead atoms. The van der Waals surface area contributed by atoms with E-state index in [0.717, 1.165) is 37.3 Å². The minimum Gasteiger partial charge on any atom is -0.301 e. The van der Waals surface area contributed by atoms with E-state index in [1.165, 1.54) is 11.8 Å². The quantitative estimate of drug-likeness (QED) is 0.279. The number of nitrogens with zero attached hydrogens (tertiary/aromatic N) is 3. The zero-order valence-electron chi connectivity index (χ0n) is 15.5. The monoisotopic (exact) mass is 451 g/mol. The molecule has 0 unspecified atom stereocenters. The zero-order chi connectivity index (χ0) is 19.7. The van der Waals surface area contributed by atoms with Crippen LogP contribution in [0.15, 0.2) is 76.6 Å². The maximum absolute atomic E-state index is 11.8. The zero-order valence-corrected chi connectivity index (χ0v) is 17.9. The molecule has 0 spiro atoms. The van der Waals surface area contributed by atoms with Crippen LogP contribution in [0.5, 0.6) is 0 Å². The van der Waals surface area contributed by atoms with Gasteiger partial charge in [-0.15, -0.1) is 0 Å². The van der Waals surface area contributed by atoms with Crippen molar-refractivity contribution in [2.24, 2.45) is 0 Å². The molecule has 0 aliphatic heterocycles. The summed E-state index contributed by atoms with van der Waals surface area (Å²) in [4.78, 5) is 20.9. The summed E-state index contributed by atoms with van der Waals surface area (Å²) in [5.74, 6) is 0.130. The summed E-state index contributed by atoms with van der Waals surface area (Å²) in [7, 11) is 0. The van der Waals surface area contributed by atoms with Crippen LogP contribution in [0.25, 0.3) is 27.8 Å². The van der Waals surface area contributed by atoms with Gasteiger partial charge in [-0.3, -0.25) is 4.79 Å². The van der Waals surface area contributed by atoms with Crippen LogP contribution in [0.1, 0.15) is 13.8 Å². The normalized spacial score (nSPS) is 12.2. The van der Waals surface area contributed by atoms with Gasteiger partial charge in [-0.2, -0.15) is 0 Å². The first-order valence-electron chi connectivity index (χ1n) is 8.89. The Bertz CT molecular complexity index is 1140. The van der Waals surface area contributed by atoms with Gasteiger partial charge in [-0.1, -0.05) is 58.0 Å². The van der Waals surface area contributed by atoms with Crippen molar-refractivity contribution in [3.63, 3.8) is 0 Å².